The zero-order valence-corrected chi connectivity index (χ0v) is 21.4. The van der Waals surface area contributed by atoms with Crippen molar-refractivity contribution in [1.29, 1.82) is 0 Å². The summed E-state index contributed by atoms with van der Waals surface area (Å²) in [5.74, 6) is -0.399. The zero-order valence-electron chi connectivity index (χ0n) is 21.4. The van der Waals surface area contributed by atoms with Crippen LogP contribution in [-0.4, -0.2) is 67.3 Å². The second-order valence-electron chi connectivity index (χ2n) is 9.87. The first-order valence-corrected chi connectivity index (χ1v) is 13.2. The average molecular weight is 512 g/mol. The Morgan fingerprint density at radius 2 is 1.81 bits per heavy atom. The molecule has 0 bridgehead atoms. The number of nitrogens with zero attached hydrogens (tertiary/aromatic N) is 1. The molecule has 2 aromatic rings. The lowest BCUT2D eigenvalue weighted by atomic mass is 9.98. The van der Waals surface area contributed by atoms with Crippen LogP contribution in [0.3, 0.4) is 0 Å². The zero-order chi connectivity index (χ0) is 25.7. The van der Waals surface area contributed by atoms with Crippen molar-refractivity contribution in [3.8, 4) is 0 Å². The topological polar surface area (TPSA) is 102 Å². The number of piperidine rings is 1. The summed E-state index contributed by atoms with van der Waals surface area (Å²) in [7, 11) is 0. The van der Waals surface area contributed by atoms with Crippen LogP contribution in [0, 0.1) is 0 Å². The molecule has 3 aliphatic rings. The lowest BCUT2D eigenvalue weighted by Gasteiger charge is -2.41. The molecule has 0 aliphatic carbocycles. The van der Waals surface area contributed by atoms with Gasteiger partial charge in [0.1, 0.15) is 0 Å². The van der Waals surface area contributed by atoms with Gasteiger partial charge in [-0.3, -0.25) is 0 Å². The maximum Gasteiger partial charge on any atom is 0.319 e. The van der Waals surface area contributed by atoms with Crippen molar-refractivity contribution in [2.45, 2.75) is 57.1 Å². The number of carbonyl (C=O) groups excluding carboxylic acids is 1. The van der Waals surface area contributed by atoms with Gasteiger partial charge in [-0.1, -0.05) is 36.4 Å². The van der Waals surface area contributed by atoms with Crippen LogP contribution < -0.4 is 10.6 Å². The highest BCUT2D eigenvalue weighted by atomic mass is 16.7. The Balaban J connectivity index is 1.31. The monoisotopic (exact) mass is 511 g/mol. The molecule has 37 heavy (non-hydrogen) atoms. The molecule has 5 rings (SSSR count). The maximum atomic E-state index is 12.0. The average Bonchev–Trinajstić information content (AvgIpc) is 3.38. The molecule has 3 saturated heterocycles. The first-order valence-electron chi connectivity index (χ1n) is 13.2. The van der Waals surface area contributed by atoms with Crippen molar-refractivity contribution in [1.82, 2.24) is 10.2 Å². The first kappa shape index (κ1) is 26.1. The molecule has 3 fully saturated rings. The molecular formula is C28H37N3O6. The van der Waals surface area contributed by atoms with Crippen molar-refractivity contribution in [2.24, 2.45) is 0 Å². The third kappa shape index (κ3) is 6.49. The van der Waals surface area contributed by atoms with Gasteiger partial charge in [0.05, 0.1) is 32.0 Å². The lowest BCUT2D eigenvalue weighted by molar-refractivity contribution is -0.255. The van der Waals surface area contributed by atoms with Gasteiger partial charge in [0.15, 0.2) is 12.1 Å². The number of benzene rings is 2. The van der Waals surface area contributed by atoms with Gasteiger partial charge < -0.3 is 39.6 Å². The first-order chi connectivity index (χ1) is 18.1. The summed E-state index contributed by atoms with van der Waals surface area (Å²) in [6.45, 7) is 6.37. The molecule has 3 atom stereocenters. The molecule has 9 heteroatoms. The van der Waals surface area contributed by atoms with Crippen molar-refractivity contribution in [3.05, 3.63) is 65.2 Å². The van der Waals surface area contributed by atoms with Crippen molar-refractivity contribution >= 4 is 11.7 Å². The van der Waals surface area contributed by atoms with E-state index in [-0.39, 0.29) is 24.8 Å². The molecule has 3 heterocycles. The summed E-state index contributed by atoms with van der Waals surface area (Å²) in [5, 5.41) is 15.1. The second kappa shape index (κ2) is 11.9. The molecule has 9 nitrogen and oxygen atoms in total. The fourth-order valence-electron chi connectivity index (χ4n) is 5.28. The minimum atomic E-state index is -0.574. The highest BCUT2D eigenvalue weighted by Crippen LogP contribution is 2.39. The summed E-state index contributed by atoms with van der Waals surface area (Å²) in [5.41, 5.74) is 3.45. The van der Waals surface area contributed by atoms with Gasteiger partial charge in [0, 0.05) is 56.7 Å². The van der Waals surface area contributed by atoms with E-state index >= 15 is 0 Å². The Hall–Kier alpha value is -2.53. The van der Waals surface area contributed by atoms with Crippen LogP contribution in [0.15, 0.2) is 48.5 Å². The number of aliphatic hydroxyl groups is 1. The van der Waals surface area contributed by atoms with Crippen LogP contribution in [-0.2, 0) is 25.6 Å². The number of amides is 2. The van der Waals surface area contributed by atoms with Crippen LogP contribution in [0.4, 0.5) is 10.5 Å². The van der Waals surface area contributed by atoms with E-state index in [0.29, 0.717) is 25.4 Å². The predicted octanol–water partition coefficient (Wildman–Crippen LogP) is 3.70. The molecule has 0 radical (unpaired) electrons. The molecule has 3 aliphatic heterocycles. The van der Waals surface area contributed by atoms with E-state index in [1.165, 1.54) is 0 Å². The van der Waals surface area contributed by atoms with E-state index in [2.05, 4.69) is 15.5 Å². The van der Waals surface area contributed by atoms with Crippen LogP contribution in [0.1, 0.15) is 55.3 Å². The molecule has 200 valence electrons. The Kier molecular flexibility index (Phi) is 8.39. The summed E-state index contributed by atoms with van der Waals surface area (Å²) in [4.78, 5) is 14.4. The van der Waals surface area contributed by atoms with Crippen molar-refractivity contribution < 1.29 is 28.8 Å². The fourth-order valence-corrected chi connectivity index (χ4v) is 5.28. The SMILES string of the molecule is CCNC(=O)Nc1cccc([C@@H]2O[C@H](CN3CCC4(CC3)OCCO4)C[C@H](c3ccc(CO)cc3)O2)c1. The number of aliphatic hydroxyl groups excluding tert-OH is 1. The minimum Gasteiger partial charge on any atom is -0.392 e. The van der Waals surface area contributed by atoms with Gasteiger partial charge in [-0.25, -0.2) is 4.79 Å². The Labute approximate surface area is 218 Å². The third-order valence-corrected chi connectivity index (χ3v) is 7.26. The molecule has 2 aromatic carbocycles. The number of urea groups is 1. The van der Waals surface area contributed by atoms with Gasteiger partial charge >= 0.3 is 6.03 Å². The van der Waals surface area contributed by atoms with Crippen LogP contribution in [0.2, 0.25) is 0 Å². The number of hydrogen-bond acceptors (Lipinski definition) is 7. The van der Waals surface area contributed by atoms with E-state index in [0.717, 1.165) is 55.6 Å². The number of hydrogen-bond donors (Lipinski definition) is 3. The number of anilines is 1. The van der Waals surface area contributed by atoms with Gasteiger partial charge in [0.25, 0.3) is 0 Å². The standard InChI is InChI=1S/C28H37N3O6/c1-2-29-27(33)30-23-5-3-4-22(16-23)26-36-24(17-25(37-26)21-8-6-20(19-32)7-9-21)18-31-12-10-28(11-13-31)34-14-15-35-28/h3-9,16,24-26,32H,2,10-15,17-19H2,1H3,(H2,29,30,33)/t24-,25+,26+/m0/s1. The summed E-state index contributed by atoms with van der Waals surface area (Å²) < 4.78 is 24.7. The summed E-state index contributed by atoms with van der Waals surface area (Å²) in [6.07, 6.45) is 1.67. The van der Waals surface area contributed by atoms with E-state index in [4.69, 9.17) is 18.9 Å². The normalized spacial score (nSPS) is 25.7. The highest BCUT2D eigenvalue weighted by Gasteiger charge is 2.41. The molecule has 0 aromatic heterocycles. The van der Waals surface area contributed by atoms with E-state index in [1.54, 1.807) is 0 Å². The van der Waals surface area contributed by atoms with Crippen LogP contribution in [0.25, 0.3) is 0 Å². The van der Waals surface area contributed by atoms with E-state index < -0.39 is 12.1 Å². The van der Waals surface area contributed by atoms with E-state index in [9.17, 15) is 9.90 Å². The second-order valence-corrected chi connectivity index (χ2v) is 9.87. The summed E-state index contributed by atoms with van der Waals surface area (Å²) in [6, 6.07) is 15.2. The largest absolute Gasteiger partial charge is 0.392 e. The molecule has 0 unspecified atom stereocenters. The Bertz CT molecular complexity index is 1030. The maximum absolute atomic E-state index is 12.0. The van der Waals surface area contributed by atoms with Gasteiger partial charge in [-0.05, 0) is 30.2 Å². The Morgan fingerprint density at radius 3 is 2.51 bits per heavy atom. The third-order valence-electron chi connectivity index (χ3n) is 7.26. The van der Waals surface area contributed by atoms with Gasteiger partial charge in [-0.2, -0.15) is 0 Å². The summed E-state index contributed by atoms with van der Waals surface area (Å²) >= 11 is 0. The number of likely N-dealkylation sites (tertiary alicyclic amines) is 1. The molecule has 1 spiro atoms. The van der Waals surface area contributed by atoms with Gasteiger partial charge in [0.2, 0.25) is 0 Å². The molecule has 0 saturated carbocycles. The fraction of sp³-hybridized carbons (Fsp3) is 0.536. The highest BCUT2D eigenvalue weighted by molar-refractivity contribution is 5.89. The quantitative estimate of drug-likeness (QED) is 0.521. The minimum absolute atomic E-state index is 0.00937. The van der Waals surface area contributed by atoms with Crippen molar-refractivity contribution in [3.63, 3.8) is 0 Å². The molecular weight excluding hydrogens is 474 g/mol. The Morgan fingerprint density at radius 1 is 1.05 bits per heavy atom. The number of ether oxygens (including phenoxy) is 4. The lowest BCUT2D eigenvalue weighted by Crippen LogP contribution is -2.48. The number of rotatable bonds is 7. The molecule has 2 amide bonds. The smallest absolute Gasteiger partial charge is 0.319 e. The number of nitrogens with one attached hydrogen (secondary N) is 2. The van der Waals surface area contributed by atoms with Crippen LogP contribution in [0.5, 0.6) is 0 Å². The predicted molar refractivity (Wildman–Crippen MR) is 138 cm³/mol. The van der Waals surface area contributed by atoms with Crippen LogP contribution >= 0.6 is 0 Å². The number of carbonyl (C=O) groups is 1. The van der Waals surface area contributed by atoms with Crippen molar-refractivity contribution in [2.75, 3.05) is 44.7 Å². The van der Waals surface area contributed by atoms with E-state index in [1.807, 2.05) is 55.5 Å². The molecule has 3 N–H and O–H groups in total. The van der Waals surface area contributed by atoms with Gasteiger partial charge in [-0.15, -0.1) is 0 Å².